The second-order valence-corrected chi connectivity index (χ2v) is 5.04. The fourth-order valence-electron chi connectivity index (χ4n) is 2.06. The van der Waals surface area contributed by atoms with E-state index in [0.717, 1.165) is 11.6 Å². The number of furan rings is 1. The highest BCUT2D eigenvalue weighted by atomic mass is 16.3. The third-order valence-electron chi connectivity index (χ3n) is 3.33. The van der Waals surface area contributed by atoms with Gasteiger partial charge < -0.3 is 14.1 Å². The number of hydrogen-bond acceptors (Lipinski definition) is 4. The van der Waals surface area contributed by atoms with Gasteiger partial charge in [-0.3, -0.25) is 5.32 Å². The number of aliphatic hydroxyl groups is 1. The zero-order valence-electron chi connectivity index (χ0n) is 11.6. The first-order valence-electron chi connectivity index (χ1n) is 6.51. The first kappa shape index (κ1) is 13.8. The Bertz CT molecular complexity index is 491. The van der Waals surface area contributed by atoms with Gasteiger partial charge in [-0.1, -0.05) is 13.8 Å². The fraction of sp³-hybridized carbons (Fsp3) is 0.500. The molecule has 0 aromatic carbocycles. The van der Waals surface area contributed by atoms with Crippen molar-refractivity contribution in [2.45, 2.75) is 25.9 Å². The van der Waals surface area contributed by atoms with Crippen LogP contribution in [0.1, 0.15) is 31.5 Å². The second-order valence-electron chi connectivity index (χ2n) is 5.04. The predicted molar refractivity (Wildman–Crippen MR) is 72.6 cm³/mol. The molecular formula is C14H21N3O2. The van der Waals surface area contributed by atoms with Crippen LogP contribution in [0.4, 0.5) is 0 Å². The standard InChI is InChI=1S/C14H21N3O2/c1-10(2)11(9-18)16-13(12-5-4-8-19-12)14-15-6-7-17(14)3/h4-8,10-11,13,16,18H,9H2,1-3H3/t11-,13?/m1/s1. The van der Waals surface area contributed by atoms with E-state index in [2.05, 4.69) is 24.1 Å². The molecule has 19 heavy (non-hydrogen) atoms. The lowest BCUT2D eigenvalue weighted by molar-refractivity contribution is 0.198. The molecule has 0 amide bonds. The van der Waals surface area contributed by atoms with E-state index in [9.17, 15) is 5.11 Å². The molecule has 0 aliphatic heterocycles. The SMILES string of the molecule is CC(C)[C@@H](CO)NC(c1ccco1)c1nccn1C. The van der Waals surface area contributed by atoms with Crippen LogP contribution in [0.2, 0.25) is 0 Å². The summed E-state index contributed by atoms with van der Waals surface area (Å²) < 4.78 is 7.46. The number of aryl methyl sites for hydroxylation is 1. The maximum atomic E-state index is 9.49. The molecule has 5 nitrogen and oxygen atoms in total. The molecule has 0 aliphatic rings. The smallest absolute Gasteiger partial charge is 0.133 e. The van der Waals surface area contributed by atoms with E-state index in [0.29, 0.717) is 5.92 Å². The maximum absolute atomic E-state index is 9.49. The van der Waals surface area contributed by atoms with Crippen LogP contribution < -0.4 is 5.32 Å². The van der Waals surface area contributed by atoms with Crippen molar-refractivity contribution < 1.29 is 9.52 Å². The summed E-state index contributed by atoms with van der Waals surface area (Å²) >= 11 is 0. The lowest BCUT2D eigenvalue weighted by Crippen LogP contribution is -2.40. The van der Waals surface area contributed by atoms with Gasteiger partial charge in [0.05, 0.1) is 12.9 Å². The molecule has 0 spiro atoms. The first-order valence-corrected chi connectivity index (χ1v) is 6.51. The molecule has 2 aromatic heterocycles. The summed E-state index contributed by atoms with van der Waals surface area (Å²) in [6.45, 7) is 4.23. The number of aliphatic hydroxyl groups excluding tert-OH is 1. The Morgan fingerprint density at radius 2 is 2.26 bits per heavy atom. The summed E-state index contributed by atoms with van der Waals surface area (Å²) in [7, 11) is 1.95. The van der Waals surface area contributed by atoms with Crippen LogP contribution in [0, 0.1) is 5.92 Å². The van der Waals surface area contributed by atoms with E-state index >= 15 is 0 Å². The minimum Gasteiger partial charge on any atom is -0.467 e. The average molecular weight is 263 g/mol. The molecule has 0 radical (unpaired) electrons. The molecule has 2 heterocycles. The van der Waals surface area contributed by atoms with Crippen molar-refractivity contribution in [2.75, 3.05) is 6.61 Å². The van der Waals surface area contributed by atoms with Crippen molar-refractivity contribution in [3.63, 3.8) is 0 Å². The Morgan fingerprint density at radius 3 is 2.74 bits per heavy atom. The van der Waals surface area contributed by atoms with Gasteiger partial charge in [0.1, 0.15) is 17.6 Å². The summed E-state index contributed by atoms with van der Waals surface area (Å²) in [6, 6.07) is 3.61. The van der Waals surface area contributed by atoms with Gasteiger partial charge >= 0.3 is 0 Å². The highest BCUT2D eigenvalue weighted by Crippen LogP contribution is 2.22. The highest BCUT2D eigenvalue weighted by Gasteiger charge is 2.25. The van der Waals surface area contributed by atoms with E-state index in [-0.39, 0.29) is 18.7 Å². The van der Waals surface area contributed by atoms with Gasteiger partial charge in [0.25, 0.3) is 0 Å². The Kier molecular flexibility index (Phi) is 4.39. The molecule has 0 saturated heterocycles. The number of rotatable bonds is 6. The summed E-state index contributed by atoms with van der Waals surface area (Å²) in [4.78, 5) is 4.38. The molecule has 0 fully saturated rings. The molecule has 0 saturated carbocycles. The van der Waals surface area contributed by atoms with Gasteiger partial charge in [-0.2, -0.15) is 0 Å². The Hall–Kier alpha value is -1.59. The largest absolute Gasteiger partial charge is 0.467 e. The van der Waals surface area contributed by atoms with Crippen molar-refractivity contribution in [1.82, 2.24) is 14.9 Å². The molecule has 2 N–H and O–H groups in total. The highest BCUT2D eigenvalue weighted by molar-refractivity contribution is 5.16. The molecule has 1 unspecified atom stereocenters. The molecule has 2 rings (SSSR count). The minimum absolute atomic E-state index is 0.00759. The zero-order chi connectivity index (χ0) is 13.8. The van der Waals surface area contributed by atoms with Crippen LogP contribution in [-0.4, -0.2) is 27.3 Å². The third kappa shape index (κ3) is 3.05. The van der Waals surface area contributed by atoms with Crippen molar-refractivity contribution in [3.05, 3.63) is 42.4 Å². The Morgan fingerprint density at radius 1 is 1.47 bits per heavy atom. The fourth-order valence-corrected chi connectivity index (χ4v) is 2.06. The number of imidazole rings is 1. The van der Waals surface area contributed by atoms with Crippen molar-refractivity contribution in [1.29, 1.82) is 0 Å². The van der Waals surface area contributed by atoms with Gasteiger partial charge in [-0.25, -0.2) is 4.98 Å². The second kappa shape index (κ2) is 6.04. The van der Waals surface area contributed by atoms with Crippen molar-refractivity contribution >= 4 is 0 Å². The number of nitrogens with one attached hydrogen (secondary N) is 1. The van der Waals surface area contributed by atoms with E-state index < -0.39 is 0 Å². The summed E-state index contributed by atoms with van der Waals surface area (Å²) in [5.41, 5.74) is 0. The quantitative estimate of drug-likeness (QED) is 0.833. The normalized spacial score (nSPS) is 14.8. The first-order chi connectivity index (χ1) is 9.13. The predicted octanol–water partition coefficient (Wildman–Crippen LogP) is 1.71. The van der Waals surface area contributed by atoms with E-state index in [1.54, 1.807) is 12.5 Å². The van der Waals surface area contributed by atoms with Crippen LogP contribution in [-0.2, 0) is 7.05 Å². The van der Waals surface area contributed by atoms with Crippen molar-refractivity contribution in [3.8, 4) is 0 Å². The summed E-state index contributed by atoms with van der Waals surface area (Å²) in [5, 5.41) is 12.9. The van der Waals surface area contributed by atoms with E-state index in [4.69, 9.17) is 4.42 Å². The molecule has 104 valence electrons. The van der Waals surface area contributed by atoms with Crippen LogP contribution in [0.15, 0.2) is 35.2 Å². The number of hydrogen-bond donors (Lipinski definition) is 2. The number of nitrogens with zero attached hydrogens (tertiary/aromatic N) is 2. The van der Waals surface area contributed by atoms with Crippen LogP contribution in [0.5, 0.6) is 0 Å². The maximum Gasteiger partial charge on any atom is 0.133 e. The average Bonchev–Trinajstić information content (AvgIpc) is 3.02. The van der Waals surface area contributed by atoms with Crippen molar-refractivity contribution in [2.24, 2.45) is 13.0 Å². The van der Waals surface area contributed by atoms with E-state index in [1.165, 1.54) is 0 Å². The van der Waals surface area contributed by atoms with Gasteiger partial charge in [0.2, 0.25) is 0 Å². The monoisotopic (exact) mass is 263 g/mol. The zero-order valence-corrected chi connectivity index (χ0v) is 11.6. The molecule has 0 bridgehead atoms. The topological polar surface area (TPSA) is 63.2 Å². The molecular weight excluding hydrogens is 242 g/mol. The molecule has 2 atom stereocenters. The van der Waals surface area contributed by atoms with Gasteiger partial charge in [-0.05, 0) is 18.1 Å². The third-order valence-corrected chi connectivity index (χ3v) is 3.33. The lowest BCUT2D eigenvalue weighted by atomic mass is 10.0. The Labute approximate surface area is 113 Å². The van der Waals surface area contributed by atoms with Crippen LogP contribution in [0.3, 0.4) is 0 Å². The summed E-state index contributed by atoms with van der Waals surface area (Å²) in [6.07, 6.45) is 5.31. The molecule has 0 aliphatic carbocycles. The minimum atomic E-state index is -0.158. The van der Waals surface area contributed by atoms with Gasteiger partial charge in [0, 0.05) is 25.5 Å². The molecule has 5 heteroatoms. The van der Waals surface area contributed by atoms with Crippen LogP contribution >= 0.6 is 0 Å². The van der Waals surface area contributed by atoms with Gasteiger partial charge in [0.15, 0.2) is 0 Å². The van der Waals surface area contributed by atoms with Gasteiger partial charge in [-0.15, -0.1) is 0 Å². The lowest BCUT2D eigenvalue weighted by Gasteiger charge is -2.25. The Balaban J connectivity index is 2.28. The molecule has 2 aromatic rings. The van der Waals surface area contributed by atoms with Crippen LogP contribution in [0.25, 0.3) is 0 Å². The number of aromatic nitrogens is 2. The van der Waals surface area contributed by atoms with E-state index in [1.807, 2.05) is 29.9 Å². The summed E-state index contributed by atoms with van der Waals surface area (Å²) in [5.74, 6) is 1.99.